The summed E-state index contributed by atoms with van der Waals surface area (Å²) < 4.78 is 26.5. The van der Waals surface area contributed by atoms with Crippen molar-refractivity contribution in [2.75, 3.05) is 10.5 Å². The molecule has 2 rings (SSSR count). The monoisotopic (exact) mass is 288 g/mol. The minimum atomic E-state index is -3.69. The zero-order chi connectivity index (χ0) is 14.6. The molecular weight excluding hydrogens is 276 g/mol. The first-order chi connectivity index (χ1) is 9.52. The second-order valence-electron chi connectivity index (χ2n) is 4.07. The van der Waals surface area contributed by atoms with Gasteiger partial charge >= 0.3 is 0 Å². The standard InChI is InChI=1S/C13H12N4O2S/c14-8-10-4-1-2-5-11(10)9-20(18,19)17-13-12(15)6-3-7-16-13/h1-7H,9,15H2,(H,16,17). The number of pyridine rings is 1. The van der Waals surface area contributed by atoms with Crippen molar-refractivity contribution in [2.45, 2.75) is 5.75 Å². The van der Waals surface area contributed by atoms with E-state index in [2.05, 4.69) is 9.71 Å². The van der Waals surface area contributed by atoms with Crippen LogP contribution in [-0.2, 0) is 15.8 Å². The minimum absolute atomic E-state index is 0.0851. The number of sulfonamides is 1. The SMILES string of the molecule is N#Cc1ccccc1CS(=O)(=O)Nc1ncccc1N. The molecule has 2 aromatic rings. The molecular formula is C13H12N4O2S. The zero-order valence-corrected chi connectivity index (χ0v) is 11.3. The van der Waals surface area contributed by atoms with E-state index in [4.69, 9.17) is 11.0 Å². The van der Waals surface area contributed by atoms with Crippen LogP contribution in [0.2, 0.25) is 0 Å². The van der Waals surface area contributed by atoms with Gasteiger partial charge in [0.25, 0.3) is 0 Å². The van der Waals surface area contributed by atoms with Crippen LogP contribution in [-0.4, -0.2) is 13.4 Å². The van der Waals surface area contributed by atoms with Crippen LogP contribution in [0.3, 0.4) is 0 Å². The maximum atomic E-state index is 12.1. The first-order valence-electron chi connectivity index (χ1n) is 5.71. The van der Waals surface area contributed by atoms with Gasteiger partial charge in [-0.2, -0.15) is 5.26 Å². The Balaban J connectivity index is 2.25. The summed E-state index contributed by atoms with van der Waals surface area (Å²) in [6.07, 6.45) is 1.44. The highest BCUT2D eigenvalue weighted by molar-refractivity contribution is 7.91. The number of rotatable bonds is 4. The number of nitrogens with zero attached hydrogens (tertiary/aromatic N) is 2. The van der Waals surface area contributed by atoms with Gasteiger partial charge in [0.15, 0.2) is 5.82 Å². The third-order valence-electron chi connectivity index (χ3n) is 2.57. The molecule has 0 atom stereocenters. The quantitative estimate of drug-likeness (QED) is 0.885. The van der Waals surface area contributed by atoms with Crippen LogP contribution in [0.25, 0.3) is 0 Å². The average Bonchev–Trinajstić information content (AvgIpc) is 2.41. The van der Waals surface area contributed by atoms with Crippen molar-refractivity contribution >= 4 is 21.5 Å². The Morgan fingerprint density at radius 3 is 2.70 bits per heavy atom. The molecule has 102 valence electrons. The van der Waals surface area contributed by atoms with Crippen molar-refractivity contribution in [3.05, 3.63) is 53.7 Å². The molecule has 0 amide bonds. The number of nitrogens with one attached hydrogen (secondary N) is 1. The van der Waals surface area contributed by atoms with E-state index >= 15 is 0 Å². The number of nitrogens with two attached hydrogens (primary N) is 1. The van der Waals surface area contributed by atoms with Crippen LogP contribution in [0.4, 0.5) is 11.5 Å². The number of nitrogen functional groups attached to an aromatic ring is 1. The molecule has 0 aliphatic heterocycles. The van der Waals surface area contributed by atoms with Crippen molar-refractivity contribution in [3.63, 3.8) is 0 Å². The maximum absolute atomic E-state index is 12.1. The van der Waals surface area contributed by atoms with Crippen molar-refractivity contribution in [1.82, 2.24) is 4.98 Å². The summed E-state index contributed by atoms with van der Waals surface area (Å²) in [4.78, 5) is 3.87. The van der Waals surface area contributed by atoms with Gasteiger partial charge < -0.3 is 5.73 Å². The van der Waals surface area contributed by atoms with Gasteiger partial charge in [0.2, 0.25) is 10.0 Å². The largest absolute Gasteiger partial charge is 0.396 e. The van der Waals surface area contributed by atoms with E-state index in [1.54, 1.807) is 36.4 Å². The van der Waals surface area contributed by atoms with Gasteiger partial charge in [0, 0.05) is 6.20 Å². The van der Waals surface area contributed by atoms with E-state index in [-0.39, 0.29) is 17.3 Å². The maximum Gasteiger partial charge on any atom is 0.238 e. The lowest BCUT2D eigenvalue weighted by Gasteiger charge is -2.09. The number of hydrogen-bond acceptors (Lipinski definition) is 5. The number of benzene rings is 1. The highest BCUT2D eigenvalue weighted by atomic mass is 32.2. The van der Waals surface area contributed by atoms with E-state index in [0.29, 0.717) is 11.1 Å². The topological polar surface area (TPSA) is 109 Å². The fourth-order valence-corrected chi connectivity index (χ4v) is 2.84. The Hall–Kier alpha value is -2.59. The van der Waals surface area contributed by atoms with E-state index in [1.807, 2.05) is 6.07 Å². The third kappa shape index (κ3) is 3.24. The van der Waals surface area contributed by atoms with Gasteiger partial charge in [0.1, 0.15) is 0 Å². The summed E-state index contributed by atoms with van der Waals surface area (Å²) in [5, 5.41) is 8.95. The molecule has 3 N–H and O–H groups in total. The van der Waals surface area contributed by atoms with Gasteiger partial charge in [-0.25, -0.2) is 13.4 Å². The second-order valence-corrected chi connectivity index (χ2v) is 5.79. The lowest BCUT2D eigenvalue weighted by Crippen LogP contribution is -2.17. The molecule has 1 aromatic carbocycles. The van der Waals surface area contributed by atoms with E-state index in [9.17, 15) is 8.42 Å². The highest BCUT2D eigenvalue weighted by Gasteiger charge is 2.16. The number of hydrogen-bond donors (Lipinski definition) is 2. The summed E-state index contributed by atoms with van der Waals surface area (Å²) in [7, 11) is -3.69. The fourth-order valence-electron chi connectivity index (χ4n) is 1.65. The summed E-state index contributed by atoms with van der Waals surface area (Å²) in [6.45, 7) is 0. The van der Waals surface area contributed by atoms with Crippen LogP contribution in [0.15, 0.2) is 42.6 Å². The minimum Gasteiger partial charge on any atom is -0.396 e. The van der Waals surface area contributed by atoms with Crippen LogP contribution < -0.4 is 10.5 Å². The van der Waals surface area contributed by atoms with Crippen molar-refractivity contribution in [1.29, 1.82) is 5.26 Å². The normalized spacial score (nSPS) is 10.8. The van der Waals surface area contributed by atoms with E-state index < -0.39 is 10.0 Å². The molecule has 0 aliphatic carbocycles. The Morgan fingerprint density at radius 2 is 2.00 bits per heavy atom. The molecule has 0 aliphatic rings. The Labute approximate surface area is 116 Å². The Kier molecular flexibility index (Phi) is 3.86. The molecule has 0 bridgehead atoms. The number of aromatic nitrogens is 1. The predicted molar refractivity (Wildman–Crippen MR) is 76.1 cm³/mol. The van der Waals surface area contributed by atoms with Crippen LogP contribution in [0.1, 0.15) is 11.1 Å². The van der Waals surface area contributed by atoms with Crippen molar-refractivity contribution in [3.8, 4) is 6.07 Å². The third-order valence-corrected chi connectivity index (χ3v) is 3.77. The van der Waals surface area contributed by atoms with E-state index in [1.165, 1.54) is 6.20 Å². The molecule has 1 aromatic heterocycles. The number of anilines is 2. The van der Waals surface area contributed by atoms with Crippen LogP contribution in [0.5, 0.6) is 0 Å². The Bertz CT molecular complexity index is 766. The van der Waals surface area contributed by atoms with Gasteiger partial charge in [0.05, 0.1) is 23.1 Å². The molecule has 0 unspecified atom stereocenters. The molecule has 0 fully saturated rings. The summed E-state index contributed by atoms with van der Waals surface area (Å²) >= 11 is 0. The van der Waals surface area contributed by atoms with Crippen molar-refractivity contribution < 1.29 is 8.42 Å². The van der Waals surface area contributed by atoms with Crippen LogP contribution in [0, 0.1) is 11.3 Å². The number of nitriles is 1. The molecule has 1 heterocycles. The van der Waals surface area contributed by atoms with Crippen molar-refractivity contribution in [2.24, 2.45) is 0 Å². The predicted octanol–water partition coefficient (Wildman–Crippen LogP) is 1.48. The highest BCUT2D eigenvalue weighted by Crippen LogP contribution is 2.18. The van der Waals surface area contributed by atoms with E-state index in [0.717, 1.165) is 0 Å². The molecule has 0 saturated heterocycles. The van der Waals surface area contributed by atoms with Crippen LogP contribution >= 0.6 is 0 Å². The second kappa shape index (κ2) is 5.59. The smallest absolute Gasteiger partial charge is 0.238 e. The molecule has 0 radical (unpaired) electrons. The van der Waals surface area contributed by atoms with Gasteiger partial charge in [-0.15, -0.1) is 0 Å². The molecule has 20 heavy (non-hydrogen) atoms. The fraction of sp³-hybridized carbons (Fsp3) is 0.0769. The average molecular weight is 288 g/mol. The Morgan fingerprint density at radius 1 is 1.25 bits per heavy atom. The molecule has 7 heteroatoms. The summed E-state index contributed by atoms with van der Waals surface area (Å²) in [5.41, 5.74) is 6.63. The lowest BCUT2D eigenvalue weighted by atomic mass is 10.1. The molecule has 6 nitrogen and oxygen atoms in total. The van der Waals surface area contributed by atoms with Gasteiger partial charge in [-0.05, 0) is 23.8 Å². The molecule has 0 saturated carbocycles. The van der Waals surface area contributed by atoms with Gasteiger partial charge in [-0.1, -0.05) is 18.2 Å². The summed E-state index contributed by atoms with van der Waals surface area (Å²) in [5.74, 6) is -0.228. The van der Waals surface area contributed by atoms with Gasteiger partial charge in [-0.3, -0.25) is 4.72 Å². The zero-order valence-electron chi connectivity index (χ0n) is 10.4. The first-order valence-corrected chi connectivity index (χ1v) is 7.36. The summed E-state index contributed by atoms with van der Waals surface area (Å²) in [6, 6.07) is 11.6. The first kappa shape index (κ1) is 13.8. The lowest BCUT2D eigenvalue weighted by molar-refractivity contribution is 0.600. The molecule has 0 spiro atoms.